The summed E-state index contributed by atoms with van der Waals surface area (Å²) in [5.41, 5.74) is -0.413. The molecule has 2 aromatic rings. The summed E-state index contributed by atoms with van der Waals surface area (Å²) in [6.45, 7) is 7.37. The molecule has 1 aliphatic rings. The van der Waals surface area contributed by atoms with Gasteiger partial charge in [0.15, 0.2) is 12.3 Å². The molecule has 3 rings (SSSR count). The van der Waals surface area contributed by atoms with Gasteiger partial charge in [0.25, 0.3) is 5.91 Å². The number of hydrogen-bond acceptors (Lipinski definition) is 7. The predicted molar refractivity (Wildman–Crippen MR) is 186 cm³/mol. The van der Waals surface area contributed by atoms with Gasteiger partial charge >= 0.3 is 5.97 Å². The van der Waals surface area contributed by atoms with Crippen LogP contribution in [0.1, 0.15) is 64.0 Å². The van der Waals surface area contributed by atoms with Gasteiger partial charge in [-0.15, -0.1) is 0 Å². The average molecular weight is 700 g/mol. The van der Waals surface area contributed by atoms with Crippen molar-refractivity contribution in [2.45, 2.75) is 83.3 Å². The molecule has 0 saturated carbocycles. The van der Waals surface area contributed by atoms with Crippen LogP contribution in [0.3, 0.4) is 0 Å². The molecule has 0 heterocycles. The normalized spacial score (nSPS) is 17.4. The van der Waals surface area contributed by atoms with Crippen molar-refractivity contribution in [3.63, 3.8) is 0 Å². The van der Waals surface area contributed by atoms with Crippen molar-refractivity contribution < 1.29 is 42.5 Å². The molecule has 10 nitrogen and oxygen atoms in total. The molecule has 0 aromatic heterocycles. The number of halogens is 2. The van der Waals surface area contributed by atoms with Crippen LogP contribution >= 0.6 is 0 Å². The number of carbonyl (C=O) groups excluding carboxylic acids is 2. The van der Waals surface area contributed by atoms with E-state index in [0.29, 0.717) is 38.9 Å². The minimum atomic E-state index is -1.57. The van der Waals surface area contributed by atoms with Crippen molar-refractivity contribution in [1.82, 2.24) is 15.5 Å². The zero-order valence-corrected chi connectivity index (χ0v) is 29.5. The second kappa shape index (κ2) is 20.6. The third-order valence-electron chi connectivity index (χ3n) is 8.31. The number of benzene rings is 2. The van der Waals surface area contributed by atoms with Crippen LogP contribution in [-0.2, 0) is 40.6 Å². The quantitative estimate of drug-likeness (QED) is 0.112. The third kappa shape index (κ3) is 11.5. The van der Waals surface area contributed by atoms with Gasteiger partial charge in [0.2, 0.25) is 5.91 Å². The number of carboxylic acid groups (broad SMARTS) is 1. The molecule has 3 N–H and O–H groups in total. The van der Waals surface area contributed by atoms with Crippen molar-refractivity contribution >= 4 is 17.8 Å². The maximum atomic E-state index is 14.6. The summed E-state index contributed by atoms with van der Waals surface area (Å²) in [6, 6.07) is 12.6. The van der Waals surface area contributed by atoms with Crippen LogP contribution in [0.2, 0.25) is 0 Å². The molecular formula is C38H51F2N3O7. The van der Waals surface area contributed by atoms with Crippen LogP contribution in [-0.4, -0.2) is 86.2 Å². The Bertz CT molecular complexity index is 1430. The van der Waals surface area contributed by atoms with E-state index < -0.39 is 47.4 Å². The molecule has 274 valence electrons. The van der Waals surface area contributed by atoms with E-state index in [4.69, 9.17) is 14.2 Å². The summed E-state index contributed by atoms with van der Waals surface area (Å²) in [7, 11) is 1.50. The fourth-order valence-corrected chi connectivity index (χ4v) is 5.92. The molecule has 0 aliphatic heterocycles. The Morgan fingerprint density at radius 1 is 0.980 bits per heavy atom. The largest absolute Gasteiger partial charge is 0.479 e. The number of rotatable bonds is 22. The van der Waals surface area contributed by atoms with Gasteiger partial charge in [-0.3, -0.25) is 9.59 Å². The van der Waals surface area contributed by atoms with Gasteiger partial charge in [0.1, 0.15) is 17.7 Å². The fourth-order valence-electron chi connectivity index (χ4n) is 5.92. The number of nitrogens with zero attached hydrogens (tertiary/aromatic N) is 1. The van der Waals surface area contributed by atoms with Gasteiger partial charge in [-0.05, 0) is 48.9 Å². The van der Waals surface area contributed by atoms with E-state index in [-0.39, 0.29) is 49.6 Å². The number of ether oxygens (including phenoxy) is 3. The average Bonchev–Trinajstić information content (AvgIpc) is 3.10. The third-order valence-corrected chi connectivity index (χ3v) is 8.31. The van der Waals surface area contributed by atoms with Crippen LogP contribution in [0.15, 0.2) is 72.3 Å². The zero-order chi connectivity index (χ0) is 36.5. The van der Waals surface area contributed by atoms with Gasteiger partial charge in [0.05, 0.1) is 18.6 Å². The number of aliphatic carboxylic acids is 1. The second-order valence-electron chi connectivity index (χ2n) is 12.3. The minimum absolute atomic E-state index is 0.0500. The maximum absolute atomic E-state index is 14.6. The summed E-state index contributed by atoms with van der Waals surface area (Å²) in [4.78, 5) is 42.2. The highest BCUT2D eigenvalue weighted by Gasteiger charge is 2.43. The van der Waals surface area contributed by atoms with E-state index in [2.05, 4.69) is 10.6 Å². The van der Waals surface area contributed by atoms with Crippen LogP contribution in [0.5, 0.6) is 0 Å². The first-order valence-corrected chi connectivity index (χ1v) is 17.3. The first-order valence-electron chi connectivity index (χ1n) is 17.3. The Balaban J connectivity index is 2.02. The van der Waals surface area contributed by atoms with Crippen LogP contribution < -0.4 is 10.6 Å². The molecule has 2 amide bonds. The molecule has 4 atom stereocenters. The predicted octanol–water partition coefficient (Wildman–Crippen LogP) is 5.27. The molecule has 12 heteroatoms. The lowest BCUT2D eigenvalue weighted by Gasteiger charge is -2.37. The lowest BCUT2D eigenvalue weighted by Crippen LogP contribution is -2.53. The molecule has 1 aliphatic carbocycles. The van der Waals surface area contributed by atoms with Gasteiger partial charge in [-0.2, -0.15) is 0 Å². The minimum Gasteiger partial charge on any atom is -0.479 e. The van der Waals surface area contributed by atoms with E-state index in [1.54, 1.807) is 17.1 Å². The van der Waals surface area contributed by atoms with Crippen LogP contribution in [0.25, 0.3) is 0 Å². The van der Waals surface area contributed by atoms with Crippen molar-refractivity contribution in [3.8, 4) is 0 Å². The Morgan fingerprint density at radius 3 is 2.26 bits per heavy atom. The zero-order valence-electron chi connectivity index (χ0n) is 29.5. The molecule has 2 aromatic carbocycles. The maximum Gasteiger partial charge on any atom is 0.332 e. The number of carbonyl (C=O) groups is 3. The summed E-state index contributed by atoms with van der Waals surface area (Å²) in [5.74, 6) is -3.84. The van der Waals surface area contributed by atoms with E-state index in [0.717, 1.165) is 23.8 Å². The molecule has 4 unspecified atom stereocenters. The topological polar surface area (TPSA) is 126 Å². The number of nitrogens with one attached hydrogen (secondary N) is 2. The summed E-state index contributed by atoms with van der Waals surface area (Å²) in [6.07, 6.45) is 3.57. The lowest BCUT2D eigenvalue weighted by atomic mass is 9.72. The standard InChI is InChI=1S/C38H51F2N3O7/c1-5-12-32(36(45)46)50-33(26-41-25-27-13-9-8-10-14-27)35(49-20-19-48-4)42-34(44)28-15-11-16-38(24-28,29-21-30(39)23-31(40)22-29)37(47)43(17-6-2)18-7-3/h8-11,13-15,21-24,32-33,35,41H,5-7,12,16-20,25-26H2,1-4H3,(H,42,44)(H,45,46). The molecule has 0 saturated heterocycles. The molecular weight excluding hydrogens is 648 g/mol. The lowest BCUT2D eigenvalue weighted by molar-refractivity contribution is -0.166. The Hall–Kier alpha value is -3.97. The highest BCUT2D eigenvalue weighted by molar-refractivity contribution is 6.00. The van der Waals surface area contributed by atoms with Crippen molar-refractivity contribution in [2.75, 3.05) is 40.0 Å². The molecule has 0 fully saturated rings. The fraction of sp³-hybridized carbons (Fsp3) is 0.500. The number of allylic oxidation sites excluding steroid dienone is 1. The molecule has 0 radical (unpaired) electrons. The number of hydrogen-bond donors (Lipinski definition) is 3. The summed E-state index contributed by atoms with van der Waals surface area (Å²) >= 11 is 0. The highest BCUT2D eigenvalue weighted by Crippen LogP contribution is 2.38. The van der Waals surface area contributed by atoms with E-state index in [9.17, 15) is 28.3 Å². The first-order chi connectivity index (χ1) is 24.1. The van der Waals surface area contributed by atoms with Gasteiger partial charge < -0.3 is 34.9 Å². The monoisotopic (exact) mass is 699 g/mol. The van der Waals surface area contributed by atoms with Crippen molar-refractivity contribution in [3.05, 3.63) is 95.1 Å². The van der Waals surface area contributed by atoms with E-state index in [1.165, 1.54) is 13.2 Å². The second-order valence-corrected chi connectivity index (χ2v) is 12.3. The number of methoxy groups -OCH3 is 1. The highest BCUT2D eigenvalue weighted by atomic mass is 19.1. The summed E-state index contributed by atoms with van der Waals surface area (Å²) < 4.78 is 46.6. The Morgan fingerprint density at radius 2 is 1.66 bits per heavy atom. The van der Waals surface area contributed by atoms with Gasteiger partial charge in [-0.1, -0.05) is 75.8 Å². The van der Waals surface area contributed by atoms with Crippen molar-refractivity contribution in [2.24, 2.45) is 0 Å². The Kier molecular flexibility index (Phi) is 16.7. The SMILES string of the molecule is CCCC(OC(CNCc1ccccc1)C(NC(=O)C1=CC(C(=O)N(CCC)CCC)(c2cc(F)cc(F)c2)CC=C1)OCCOC)C(=O)O. The number of amides is 2. The Labute approximate surface area is 293 Å². The molecule has 0 spiro atoms. The van der Waals surface area contributed by atoms with Crippen molar-refractivity contribution in [1.29, 1.82) is 0 Å². The van der Waals surface area contributed by atoms with E-state index in [1.807, 2.05) is 51.1 Å². The van der Waals surface area contributed by atoms with E-state index >= 15 is 0 Å². The smallest absolute Gasteiger partial charge is 0.332 e. The van der Waals surface area contributed by atoms with Gasteiger partial charge in [0, 0.05) is 44.9 Å². The molecule has 0 bridgehead atoms. The van der Waals surface area contributed by atoms with Crippen LogP contribution in [0, 0.1) is 11.6 Å². The number of carboxylic acids is 1. The first kappa shape index (κ1) is 40.5. The van der Waals surface area contributed by atoms with Crippen LogP contribution in [0.4, 0.5) is 8.78 Å². The molecule has 50 heavy (non-hydrogen) atoms. The summed E-state index contributed by atoms with van der Waals surface area (Å²) in [5, 5.41) is 16.0. The van der Waals surface area contributed by atoms with Gasteiger partial charge in [-0.25, -0.2) is 13.6 Å².